The van der Waals surface area contributed by atoms with Gasteiger partial charge >= 0.3 is 0 Å². The highest BCUT2D eigenvalue weighted by Crippen LogP contribution is 2.26. The Balaban J connectivity index is 1.82. The third-order valence-electron chi connectivity index (χ3n) is 4.79. The normalized spacial score (nSPS) is 10.4. The number of aryl methyl sites for hydroxylation is 1. The van der Waals surface area contributed by atoms with Crippen molar-refractivity contribution in [3.8, 4) is 5.75 Å². The highest BCUT2D eigenvalue weighted by molar-refractivity contribution is 7.80. The van der Waals surface area contributed by atoms with Gasteiger partial charge in [-0.15, -0.1) is 0 Å². The van der Waals surface area contributed by atoms with Gasteiger partial charge in [0.2, 0.25) is 0 Å². The second-order valence-electron chi connectivity index (χ2n) is 7.37. The van der Waals surface area contributed by atoms with E-state index in [1.54, 1.807) is 13.3 Å². The number of hydrogen-bond donors (Lipinski definition) is 1. The summed E-state index contributed by atoms with van der Waals surface area (Å²) in [5, 5.41) is 3.98. The van der Waals surface area contributed by atoms with Crippen LogP contribution in [0.1, 0.15) is 16.8 Å². The van der Waals surface area contributed by atoms with Gasteiger partial charge in [-0.05, 0) is 66.7 Å². The maximum Gasteiger partial charge on any atom is 0.174 e. The number of methoxy groups -OCH3 is 1. The number of pyridine rings is 1. The minimum Gasteiger partial charge on any atom is -0.495 e. The highest BCUT2D eigenvalue weighted by atomic mass is 32.1. The molecule has 0 atom stereocenters. The summed E-state index contributed by atoms with van der Waals surface area (Å²) in [5.74, 6) is 0.769. The maximum absolute atomic E-state index is 5.79. The predicted molar refractivity (Wildman–Crippen MR) is 128 cm³/mol. The molecule has 6 heteroatoms. The molecule has 3 aromatic rings. The van der Waals surface area contributed by atoms with Gasteiger partial charge in [0.05, 0.1) is 25.0 Å². The highest BCUT2D eigenvalue weighted by Gasteiger charge is 2.14. The summed E-state index contributed by atoms with van der Waals surface area (Å²) in [5.41, 5.74) is 5.29. The first-order valence-corrected chi connectivity index (χ1v) is 10.2. The average Bonchev–Trinajstić information content (AvgIpc) is 2.75. The van der Waals surface area contributed by atoms with Crippen molar-refractivity contribution in [3.63, 3.8) is 0 Å². The quantitative estimate of drug-likeness (QED) is 0.550. The standard InChI is InChI=1S/C24H28N4OS/c1-18-8-13-22(23(15-18)29-4)26-24(30)28(17-20-7-5-6-14-25-20)16-19-9-11-21(12-10-19)27(2)3/h5-15H,16-17H2,1-4H3,(H,26,30). The molecule has 1 heterocycles. The second kappa shape index (κ2) is 10.1. The lowest BCUT2D eigenvalue weighted by molar-refractivity contribution is 0.405. The zero-order valence-electron chi connectivity index (χ0n) is 17.9. The summed E-state index contributed by atoms with van der Waals surface area (Å²) < 4.78 is 5.52. The summed E-state index contributed by atoms with van der Waals surface area (Å²) in [4.78, 5) is 8.67. The van der Waals surface area contributed by atoms with E-state index in [4.69, 9.17) is 17.0 Å². The van der Waals surface area contributed by atoms with Crippen molar-refractivity contribution in [3.05, 3.63) is 83.7 Å². The minimum absolute atomic E-state index is 0.607. The molecule has 1 aromatic heterocycles. The Bertz CT molecular complexity index is 974. The Morgan fingerprint density at radius 1 is 1.03 bits per heavy atom. The first-order valence-electron chi connectivity index (χ1n) is 9.83. The van der Waals surface area contributed by atoms with E-state index >= 15 is 0 Å². The Morgan fingerprint density at radius 2 is 1.80 bits per heavy atom. The molecule has 0 spiro atoms. The van der Waals surface area contributed by atoms with Crippen LogP contribution in [-0.2, 0) is 13.1 Å². The van der Waals surface area contributed by atoms with Crippen molar-refractivity contribution in [2.45, 2.75) is 20.0 Å². The fraction of sp³-hybridized carbons (Fsp3) is 0.250. The molecule has 0 aliphatic rings. The lowest BCUT2D eigenvalue weighted by Gasteiger charge is -2.26. The number of nitrogens with one attached hydrogen (secondary N) is 1. The first kappa shape index (κ1) is 21.6. The van der Waals surface area contributed by atoms with E-state index in [0.29, 0.717) is 18.2 Å². The lowest BCUT2D eigenvalue weighted by Crippen LogP contribution is -2.34. The molecule has 0 bridgehead atoms. The van der Waals surface area contributed by atoms with Crippen LogP contribution in [0.2, 0.25) is 0 Å². The summed E-state index contributed by atoms with van der Waals surface area (Å²) >= 11 is 5.79. The molecule has 0 saturated heterocycles. The smallest absolute Gasteiger partial charge is 0.174 e. The predicted octanol–water partition coefficient (Wildman–Crippen LogP) is 4.86. The van der Waals surface area contributed by atoms with E-state index in [-0.39, 0.29) is 0 Å². The van der Waals surface area contributed by atoms with Crippen molar-refractivity contribution in [2.24, 2.45) is 0 Å². The van der Waals surface area contributed by atoms with E-state index in [1.807, 2.05) is 57.4 Å². The fourth-order valence-corrected chi connectivity index (χ4v) is 3.34. The van der Waals surface area contributed by atoms with Crippen molar-refractivity contribution in [2.75, 3.05) is 31.4 Å². The lowest BCUT2D eigenvalue weighted by atomic mass is 10.2. The second-order valence-corrected chi connectivity index (χ2v) is 7.76. The third-order valence-corrected chi connectivity index (χ3v) is 5.15. The van der Waals surface area contributed by atoms with Gasteiger partial charge in [0.1, 0.15) is 5.75 Å². The van der Waals surface area contributed by atoms with Crippen molar-refractivity contribution < 1.29 is 4.74 Å². The van der Waals surface area contributed by atoms with Crippen LogP contribution < -0.4 is 15.0 Å². The zero-order valence-corrected chi connectivity index (χ0v) is 18.7. The number of hydrogen-bond acceptors (Lipinski definition) is 4. The van der Waals surface area contributed by atoms with E-state index in [1.165, 1.54) is 11.3 Å². The maximum atomic E-state index is 5.79. The first-order chi connectivity index (χ1) is 14.5. The largest absolute Gasteiger partial charge is 0.495 e. The van der Waals surface area contributed by atoms with Gasteiger partial charge < -0.3 is 19.9 Å². The van der Waals surface area contributed by atoms with Gasteiger partial charge in [0, 0.05) is 32.5 Å². The molecule has 0 fully saturated rings. The molecular formula is C24H28N4OS. The van der Waals surface area contributed by atoms with E-state index in [0.717, 1.165) is 22.7 Å². The van der Waals surface area contributed by atoms with Gasteiger partial charge in [-0.3, -0.25) is 4.98 Å². The van der Waals surface area contributed by atoms with Gasteiger partial charge in [-0.1, -0.05) is 24.3 Å². The summed E-state index contributed by atoms with van der Waals surface area (Å²) in [6, 6.07) is 20.5. The summed E-state index contributed by atoms with van der Waals surface area (Å²) in [6.07, 6.45) is 1.80. The number of ether oxygens (including phenoxy) is 1. The van der Waals surface area contributed by atoms with E-state index in [2.05, 4.69) is 44.4 Å². The molecule has 0 radical (unpaired) electrons. The van der Waals surface area contributed by atoms with Gasteiger partial charge in [-0.25, -0.2) is 0 Å². The molecule has 2 aromatic carbocycles. The van der Waals surface area contributed by atoms with E-state index in [9.17, 15) is 0 Å². The SMILES string of the molecule is COc1cc(C)ccc1NC(=S)N(Cc1ccc(N(C)C)cc1)Cc1ccccn1. The van der Waals surface area contributed by atoms with Crippen LogP contribution in [-0.4, -0.2) is 36.2 Å². The topological polar surface area (TPSA) is 40.6 Å². The number of nitrogens with zero attached hydrogens (tertiary/aromatic N) is 3. The monoisotopic (exact) mass is 420 g/mol. The van der Waals surface area contributed by atoms with Gasteiger partial charge in [0.15, 0.2) is 5.11 Å². The molecule has 0 saturated carbocycles. The van der Waals surface area contributed by atoms with Crippen LogP contribution in [0.15, 0.2) is 66.9 Å². The van der Waals surface area contributed by atoms with Crippen LogP contribution in [0, 0.1) is 6.92 Å². The number of rotatable bonds is 7. The van der Waals surface area contributed by atoms with Crippen LogP contribution in [0.5, 0.6) is 5.75 Å². The molecule has 0 aliphatic heterocycles. The Labute approximate surface area is 184 Å². The minimum atomic E-state index is 0.607. The van der Waals surface area contributed by atoms with Crippen LogP contribution in [0.25, 0.3) is 0 Å². The van der Waals surface area contributed by atoms with Crippen LogP contribution in [0.4, 0.5) is 11.4 Å². The molecule has 5 nitrogen and oxygen atoms in total. The van der Waals surface area contributed by atoms with Crippen LogP contribution >= 0.6 is 12.2 Å². The molecule has 1 N–H and O–H groups in total. The summed E-state index contributed by atoms with van der Waals surface area (Å²) in [7, 11) is 5.74. The molecule has 30 heavy (non-hydrogen) atoms. The molecule has 0 aliphatic carbocycles. The Hall–Kier alpha value is -3.12. The van der Waals surface area contributed by atoms with E-state index < -0.39 is 0 Å². The zero-order chi connectivity index (χ0) is 21.5. The van der Waals surface area contributed by atoms with Crippen molar-refractivity contribution in [1.29, 1.82) is 0 Å². The Morgan fingerprint density at radius 3 is 2.43 bits per heavy atom. The fourth-order valence-electron chi connectivity index (χ4n) is 3.10. The number of anilines is 2. The Kier molecular flexibility index (Phi) is 7.25. The van der Waals surface area contributed by atoms with Crippen molar-refractivity contribution >= 4 is 28.7 Å². The average molecular weight is 421 g/mol. The number of aromatic nitrogens is 1. The molecular weight excluding hydrogens is 392 g/mol. The van der Waals surface area contributed by atoms with Gasteiger partial charge in [-0.2, -0.15) is 0 Å². The third kappa shape index (κ3) is 5.70. The van der Waals surface area contributed by atoms with Crippen LogP contribution in [0.3, 0.4) is 0 Å². The van der Waals surface area contributed by atoms with Crippen molar-refractivity contribution in [1.82, 2.24) is 9.88 Å². The molecule has 0 amide bonds. The van der Waals surface area contributed by atoms with Gasteiger partial charge in [0.25, 0.3) is 0 Å². The molecule has 0 unspecified atom stereocenters. The molecule has 156 valence electrons. The summed E-state index contributed by atoms with van der Waals surface area (Å²) in [6.45, 7) is 3.32. The number of thiocarbonyl (C=S) groups is 1. The molecule has 3 rings (SSSR count). The number of benzene rings is 2.